The number of hydrogen-bond acceptors (Lipinski definition) is 6. The van der Waals surface area contributed by atoms with Crippen molar-refractivity contribution in [2.24, 2.45) is 0 Å². The van der Waals surface area contributed by atoms with E-state index >= 15 is 0 Å². The van der Waals surface area contributed by atoms with Gasteiger partial charge in [-0.3, -0.25) is 4.79 Å². The molecule has 0 aliphatic carbocycles. The van der Waals surface area contributed by atoms with Crippen molar-refractivity contribution in [1.82, 2.24) is 15.2 Å². The molecule has 0 radical (unpaired) electrons. The van der Waals surface area contributed by atoms with Gasteiger partial charge in [-0.25, -0.2) is 9.78 Å². The minimum Gasteiger partial charge on any atom is -0.465 e. The van der Waals surface area contributed by atoms with Crippen LogP contribution in [0.4, 0.5) is 0 Å². The third-order valence-corrected chi connectivity index (χ3v) is 5.36. The van der Waals surface area contributed by atoms with Crippen LogP contribution < -0.4 is 5.32 Å². The van der Waals surface area contributed by atoms with Gasteiger partial charge in [-0.05, 0) is 37.1 Å². The van der Waals surface area contributed by atoms with E-state index in [4.69, 9.17) is 4.74 Å². The Morgan fingerprint density at radius 1 is 1.38 bits per heavy atom. The SMILES string of the molecule is COC(=O)c1ccc(CNCCC2CCC(=O)N2Cc2nccs2)cc1. The maximum Gasteiger partial charge on any atom is 0.337 e. The number of benzene rings is 1. The van der Waals surface area contributed by atoms with Crippen LogP contribution in [-0.4, -0.2) is 41.5 Å². The van der Waals surface area contributed by atoms with Crippen molar-refractivity contribution in [2.45, 2.75) is 38.4 Å². The van der Waals surface area contributed by atoms with Crippen LogP contribution in [0.5, 0.6) is 0 Å². The fraction of sp³-hybridized carbons (Fsp3) is 0.421. The average molecular weight is 373 g/mol. The van der Waals surface area contributed by atoms with Gasteiger partial charge in [0, 0.05) is 30.6 Å². The topological polar surface area (TPSA) is 71.5 Å². The van der Waals surface area contributed by atoms with Gasteiger partial charge < -0.3 is 15.0 Å². The lowest BCUT2D eigenvalue weighted by Crippen LogP contribution is -2.34. The number of likely N-dealkylation sites (tertiary alicyclic amines) is 1. The molecule has 0 saturated carbocycles. The monoisotopic (exact) mass is 373 g/mol. The Bertz CT molecular complexity index is 731. The number of carbonyl (C=O) groups is 2. The number of methoxy groups -OCH3 is 1. The molecule has 3 rings (SSSR count). The fourth-order valence-electron chi connectivity index (χ4n) is 3.17. The van der Waals surface area contributed by atoms with Crippen LogP contribution in [0.15, 0.2) is 35.8 Å². The average Bonchev–Trinajstić information content (AvgIpc) is 3.30. The van der Waals surface area contributed by atoms with E-state index in [-0.39, 0.29) is 17.9 Å². The summed E-state index contributed by atoms with van der Waals surface area (Å²) >= 11 is 1.59. The molecule has 7 heteroatoms. The molecule has 1 aromatic carbocycles. The molecule has 0 bridgehead atoms. The van der Waals surface area contributed by atoms with Crippen molar-refractivity contribution in [3.63, 3.8) is 0 Å². The first kappa shape index (κ1) is 18.5. The Balaban J connectivity index is 1.44. The maximum absolute atomic E-state index is 12.1. The second-order valence-electron chi connectivity index (χ2n) is 6.29. The van der Waals surface area contributed by atoms with Crippen LogP contribution in [0.3, 0.4) is 0 Å². The molecule has 1 aromatic heterocycles. The van der Waals surface area contributed by atoms with Gasteiger partial charge in [-0.1, -0.05) is 12.1 Å². The smallest absolute Gasteiger partial charge is 0.337 e. The molecule has 138 valence electrons. The summed E-state index contributed by atoms with van der Waals surface area (Å²) in [6.45, 7) is 2.19. The van der Waals surface area contributed by atoms with Crippen molar-refractivity contribution in [1.29, 1.82) is 0 Å². The third-order valence-electron chi connectivity index (χ3n) is 4.60. The Kier molecular flexibility index (Phi) is 6.35. The van der Waals surface area contributed by atoms with E-state index in [9.17, 15) is 9.59 Å². The number of nitrogens with zero attached hydrogens (tertiary/aromatic N) is 2. The Hall–Kier alpha value is -2.25. The predicted octanol–water partition coefficient (Wildman–Crippen LogP) is 2.60. The molecule has 1 N–H and O–H groups in total. The van der Waals surface area contributed by atoms with E-state index in [1.54, 1.807) is 29.7 Å². The first-order chi connectivity index (χ1) is 12.7. The van der Waals surface area contributed by atoms with E-state index in [0.717, 1.165) is 36.5 Å². The molecule has 2 aromatic rings. The summed E-state index contributed by atoms with van der Waals surface area (Å²) < 4.78 is 4.70. The number of nitrogens with one attached hydrogen (secondary N) is 1. The quantitative estimate of drug-likeness (QED) is 0.569. The van der Waals surface area contributed by atoms with Crippen molar-refractivity contribution in [2.75, 3.05) is 13.7 Å². The molecule has 1 fully saturated rings. The maximum atomic E-state index is 12.1. The molecule has 6 nitrogen and oxygen atoms in total. The van der Waals surface area contributed by atoms with Crippen LogP contribution in [0.2, 0.25) is 0 Å². The lowest BCUT2D eigenvalue weighted by Gasteiger charge is -2.24. The standard InChI is InChI=1S/C19H23N3O3S/c1-25-19(24)15-4-2-14(3-5-15)12-20-9-8-16-6-7-18(23)22(16)13-17-21-10-11-26-17/h2-5,10-11,16,20H,6-9,12-13H2,1H3. The van der Waals surface area contributed by atoms with Crippen molar-refractivity contribution in [3.05, 3.63) is 52.0 Å². The first-order valence-electron chi connectivity index (χ1n) is 8.73. The highest BCUT2D eigenvalue weighted by atomic mass is 32.1. The lowest BCUT2D eigenvalue weighted by atomic mass is 10.1. The third kappa shape index (κ3) is 4.68. The molecular formula is C19H23N3O3S. The molecule has 1 aliphatic heterocycles. The van der Waals surface area contributed by atoms with Gasteiger partial charge in [0.1, 0.15) is 5.01 Å². The van der Waals surface area contributed by atoms with Gasteiger partial charge in [0.05, 0.1) is 19.2 Å². The largest absolute Gasteiger partial charge is 0.465 e. The summed E-state index contributed by atoms with van der Waals surface area (Å²) in [5.41, 5.74) is 1.67. The highest BCUT2D eigenvalue weighted by molar-refractivity contribution is 7.09. The van der Waals surface area contributed by atoms with Crippen molar-refractivity contribution in [3.8, 4) is 0 Å². The first-order valence-corrected chi connectivity index (χ1v) is 9.61. The van der Waals surface area contributed by atoms with Gasteiger partial charge in [0.25, 0.3) is 0 Å². The second-order valence-corrected chi connectivity index (χ2v) is 7.27. The van der Waals surface area contributed by atoms with Crippen LogP contribution >= 0.6 is 11.3 Å². The molecule has 26 heavy (non-hydrogen) atoms. The van der Waals surface area contributed by atoms with E-state index in [1.807, 2.05) is 22.4 Å². The van der Waals surface area contributed by atoms with Gasteiger partial charge >= 0.3 is 5.97 Å². The Morgan fingerprint density at radius 3 is 2.88 bits per heavy atom. The number of amides is 1. The zero-order chi connectivity index (χ0) is 18.4. The Morgan fingerprint density at radius 2 is 2.19 bits per heavy atom. The van der Waals surface area contributed by atoms with E-state index in [2.05, 4.69) is 10.3 Å². The molecule has 1 unspecified atom stereocenters. The summed E-state index contributed by atoms with van der Waals surface area (Å²) in [5.74, 6) is -0.0978. The molecule has 2 heterocycles. The van der Waals surface area contributed by atoms with E-state index in [1.165, 1.54) is 7.11 Å². The number of thiazole rings is 1. The van der Waals surface area contributed by atoms with Gasteiger partial charge in [-0.15, -0.1) is 11.3 Å². The van der Waals surface area contributed by atoms with Crippen LogP contribution in [0.25, 0.3) is 0 Å². The van der Waals surface area contributed by atoms with Crippen LogP contribution in [0.1, 0.15) is 40.2 Å². The van der Waals surface area contributed by atoms with Crippen molar-refractivity contribution >= 4 is 23.2 Å². The molecule has 1 amide bonds. The summed E-state index contributed by atoms with van der Waals surface area (Å²) in [6.07, 6.45) is 4.25. The van der Waals surface area contributed by atoms with Gasteiger partial charge in [0.15, 0.2) is 0 Å². The summed E-state index contributed by atoms with van der Waals surface area (Å²) in [5, 5.41) is 6.35. The molecule has 1 saturated heterocycles. The summed E-state index contributed by atoms with van der Waals surface area (Å²) in [4.78, 5) is 29.8. The molecule has 0 spiro atoms. The highest BCUT2D eigenvalue weighted by Crippen LogP contribution is 2.24. The van der Waals surface area contributed by atoms with Crippen LogP contribution in [-0.2, 0) is 22.6 Å². The number of rotatable bonds is 8. The van der Waals surface area contributed by atoms with Gasteiger partial charge in [-0.2, -0.15) is 0 Å². The number of carbonyl (C=O) groups excluding carboxylic acids is 2. The van der Waals surface area contributed by atoms with E-state index in [0.29, 0.717) is 18.5 Å². The van der Waals surface area contributed by atoms with Gasteiger partial charge in [0.2, 0.25) is 5.91 Å². The number of ether oxygens (including phenoxy) is 1. The van der Waals surface area contributed by atoms with Crippen LogP contribution in [0, 0.1) is 0 Å². The zero-order valence-electron chi connectivity index (χ0n) is 14.8. The molecular weight excluding hydrogens is 350 g/mol. The normalized spacial score (nSPS) is 16.9. The van der Waals surface area contributed by atoms with E-state index < -0.39 is 0 Å². The summed E-state index contributed by atoms with van der Waals surface area (Å²) in [6, 6.07) is 7.67. The Labute approximate surface area is 157 Å². The predicted molar refractivity (Wildman–Crippen MR) is 99.8 cm³/mol. The minimum atomic E-state index is -0.323. The minimum absolute atomic E-state index is 0.226. The second kappa shape index (κ2) is 8.91. The number of esters is 1. The van der Waals surface area contributed by atoms with Crippen molar-refractivity contribution < 1.29 is 14.3 Å². The fourth-order valence-corrected chi connectivity index (χ4v) is 3.78. The summed E-state index contributed by atoms with van der Waals surface area (Å²) in [7, 11) is 1.38. The highest BCUT2D eigenvalue weighted by Gasteiger charge is 2.30. The molecule has 1 atom stereocenters. The number of aromatic nitrogens is 1. The number of hydrogen-bond donors (Lipinski definition) is 1. The molecule has 1 aliphatic rings. The lowest BCUT2D eigenvalue weighted by molar-refractivity contribution is -0.129. The zero-order valence-corrected chi connectivity index (χ0v) is 15.6.